The fourth-order valence-electron chi connectivity index (χ4n) is 1.80. The van der Waals surface area contributed by atoms with E-state index in [9.17, 15) is 4.79 Å². The average molecular weight is 238 g/mol. The van der Waals surface area contributed by atoms with Gasteiger partial charge in [0.05, 0.1) is 7.11 Å². The van der Waals surface area contributed by atoms with Crippen LogP contribution in [-0.2, 0) is 0 Å². The molecule has 2 rings (SSSR count). The van der Waals surface area contributed by atoms with Crippen molar-refractivity contribution in [1.82, 2.24) is 0 Å². The van der Waals surface area contributed by atoms with Crippen molar-refractivity contribution in [2.75, 3.05) is 7.11 Å². The fraction of sp³-hybridized carbons (Fsp3) is 0.0625. The maximum Gasteiger partial charge on any atom is 0.193 e. The first-order valence-corrected chi connectivity index (χ1v) is 5.66. The molecule has 0 saturated heterocycles. The van der Waals surface area contributed by atoms with Gasteiger partial charge in [-0.1, -0.05) is 49.1 Å². The van der Waals surface area contributed by atoms with E-state index in [2.05, 4.69) is 6.58 Å². The third-order valence-electron chi connectivity index (χ3n) is 2.76. The van der Waals surface area contributed by atoms with Crippen LogP contribution in [0.5, 0.6) is 5.75 Å². The molecule has 2 aromatic carbocycles. The van der Waals surface area contributed by atoms with E-state index in [0.717, 1.165) is 5.56 Å². The molecule has 2 nitrogen and oxygen atoms in total. The molecule has 0 heterocycles. The van der Waals surface area contributed by atoms with E-state index in [1.807, 2.05) is 30.3 Å². The normalized spacial score (nSPS) is 9.83. The van der Waals surface area contributed by atoms with Gasteiger partial charge in [-0.2, -0.15) is 0 Å². The second kappa shape index (κ2) is 5.32. The van der Waals surface area contributed by atoms with Crippen molar-refractivity contribution in [3.8, 4) is 5.75 Å². The number of hydrogen-bond donors (Lipinski definition) is 0. The summed E-state index contributed by atoms with van der Waals surface area (Å²) in [6.45, 7) is 3.72. The first kappa shape index (κ1) is 12.1. The molecule has 0 amide bonds. The lowest BCUT2D eigenvalue weighted by Gasteiger charge is -2.06. The van der Waals surface area contributed by atoms with E-state index in [0.29, 0.717) is 16.9 Å². The van der Waals surface area contributed by atoms with Crippen molar-refractivity contribution < 1.29 is 9.53 Å². The molecule has 0 radical (unpaired) electrons. The molecule has 0 atom stereocenters. The minimum Gasteiger partial charge on any atom is -0.497 e. The molecule has 18 heavy (non-hydrogen) atoms. The number of benzene rings is 2. The number of ketones is 1. The largest absolute Gasteiger partial charge is 0.497 e. The highest BCUT2D eigenvalue weighted by atomic mass is 16.5. The molecule has 0 spiro atoms. The van der Waals surface area contributed by atoms with Gasteiger partial charge < -0.3 is 4.74 Å². The van der Waals surface area contributed by atoms with Crippen molar-refractivity contribution in [3.05, 3.63) is 71.8 Å². The van der Waals surface area contributed by atoms with Crippen LogP contribution in [0.2, 0.25) is 0 Å². The summed E-state index contributed by atoms with van der Waals surface area (Å²) in [4.78, 5) is 12.4. The summed E-state index contributed by atoms with van der Waals surface area (Å²) in [7, 11) is 1.58. The zero-order valence-corrected chi connectivity index (χ0v) is 10.2. The Hall–Kier alpha value is -2.35. The lowest BCUT2D eigenvalue weighted by molar-refractivity contribution is 0.103. The van der Waals surface area contributed by atoms with Crippen LogP contribution < -0.4 is 4.74 Å². The van der Waals surface area contributed by atoms with E-state index in [1.165, 1.54) is 0 Å². The Morgan fingerprint density at radius 3 is 2.67 bits per heavy atom. The third kappa shape index (κ3) is 2.33. The highest BCUT2D eigenvalue weighted by molar-refractivity contribution is 6.11. The minimum absolute atomic E-state index is 0.0237. The molecule has 0 bridgehead atoms. The Labute approximate surface area is 107 Å². The Balaban J connectivity index is 2.44. The minimum atomic E-state index is -0.0237. The van der Waals surface area contributed by atoms with Gasteiger partial charge in [0.1, 0.15) is 5.75 Å². The summed E-state index contributed by atoms with van der Waals surface area (Å²) in [5.41, 5.74) is 2.11. The Morgan fingerprint density at radius 2 is 1.94 bits per heavy atom. The van der Waals surface area contributed by atoms with Gasteiger partial charge in [0.2, 0.25) is 0 Å². The van der Waals surface area contributed by atoms with Crippen LogP contribution in [-0.4, -0.2) is 12.9 Å². The molecular weight excluding hydrogens is 224 g/mol. The maximum absolute atomic E-state index is 12.4. The first-order chi connectivity index (χ1) is 8.76. The van der Waals surface area contributed by atoms with Gasteiger partial charge in [-0.3, -0.25) is 4.79 Å². The predicted octanol–water partition coefficient (Wildman–Crippen LogP) is 3.57. The first-order valence-electron chi connectivity index (χ1n) is 5.66. The lowest BCUT2D eigenvalue weighted by Crippen LogP contribution is -2.03. The van der Waals surface area contributed by atoms with Crippen LogP contribution in [0.25, 0.3) is 6.08 Å². The molecule has 0 aliphatic heterocycles. The van der Waals surface area contributed by atoms with E-state index in [1.54, 1.807) is 31.4 Å². The van der Waals surface area contributed by atoms with E-state index in [4.69, 9.17) is 4.74 Å². The summed E-state index contributed by atoms with van der Waals surface area (Å²) < 4.78 is 5.13. The molecule has 0 unspecified atom stereocenters. The summed E-state index contributed by atoms with van der Waals surface area (Å²) in [5, 5.41) is 0. The second-order valence-corrected chi connectivity index (χ2v) is 3.85. The zero-order chi connectivity index (χ0) is 13.0. The summed E-state index contributed by atoms with van der Waals surface area (Å²) in [6.07, 6.45) is 1.69. The van der Waals surface area contributed by atoms with Crippen molar-refractivity contribution in [1.29, 1.82) is 0 Å². The third-order valence-corrected chi connectivity index (χ3v) is 2.76. The van der Waals surface area contributed by atoms with Gasteiger partial charge in [-0.25, -0.2) is 0 Å². The molecule has 0 saturated carbocycles. The van der Waals surface area contributed by atoms with Gasteiger partial charge in [-0.05, 0) is 17.7 Å². The zero-order valence-electron chi connectivity index (χ0n) is 10.2. The monoisotopic (exact) mass is 238 g/mol. The van der Waals surface area contributed by atoms with Crippen LogP contribution in [0.3, 0.4) is 0 Å². The topological polar surface area (TPSA) is 26.3 Å². The van der Waals surface area contributed by atoms with Crippen molar-refractivity contribution in [2.45, 2.75) is 0 Å². The molecule has 2 aromatic rings. The quantitative estimate of drug-likeness (QED) is 0.761. The van der Waals surface area contributed by atoms with Crippen LogP contribution in [0.15, 0.2) is 55.1 Å². The maximum atomic E-state index is 12.4. The number of carbonyl (C=O) groups excluding carboxylic acids is 1. The fourth-order valence-corrected chi connectivity index (χ4v) is 1.80. The number of hydrogen-bond acceptors (Lipinski definition) is 2. The smallest absolute Gasteiger partial charge is 0.193 e. The second-order valence-electron chi connectivity index (χ2n) is 3.85. The Bertz CT molecular complexity index is 585. The number of carbonyl (C=O) groups is 1. The van der Waals surface area contributed by atoms with Gasteiger partial charge in [0, 0.05) is 11.1 Å². The number of ether oxygens (including phenoxy) is 1. The molecule has 0 fully saturated rings. The molecule has 90 valence electrons. The van der Waals surface area contributed by atoms with Crippen molar-refractivity contribution in [2.24, 2.45) is 0 Å². The molecule has 0 aromatic heterocycles. The highest BCUT2D eigenvalue weighted by Crippen LogP contribution is 2.19. The van der Waals surface area contributed by atoms with Crippen LogP contribution in [0.4, 0.5) is 0 Å². The SMILES string of the molecule is C=Cc1ccccc1C(=O)c1cccc(OC)c1. The number of methoxy groups -OCH3 is 1. The standard InChI is InChI=1S/C16H14O2/c1-3-12-7-4-5-10-15(12)16(17)13-8-6-9-14(11-13)18-2/h3-11H,1H2,2H3. The van der Waals surface area contributed by atoms with Crippen LogP contribution in [0, 0.1) is 0 Å². The van der Waals surface area contributed by atoms with Gasteiger partial charge in [-0.15, -0.1) is 0 Å². The average Bonchev–Trinajstić information content (AvgIpc) is 2.46. The summed E-state index contributed by atoms with van der Waals surface area (Å²) in [6, 6.07) is 14.6. The molecule has 2 heteroatoms. The predicted molar refractivity (Wildman–Crippen MR) is 73.0 cm³/mol. The molecule has 0 aliphatic carbocycles. The van der Waals surface area contributed by atoms with Gasteiger partial charge in [0.25, 0.3) is 0 Å². The van der Waals surface area contributed by atoms with E-state index in [-0.39, 0.29) is 5.78 Å². The van der Waals surface area contributed by atoms with Crippen molar-refractivity contribution >= 4 is 11.9 Å². The van der Waals surface area contributed by atoms with Crippen LogP contribution >= 0.6 is 0 Å². The number of rotatable bonds is 4. The van der Waals surface area contributed by atoms with Crippen LogP contribution in [0.1, 0.15) is 21.5 Å². The summed E-state index contributed by atoms with van der Waals surface area (Å²) >= 11 is 0. The summed E-state index contributed by atoms with van der Waals surface area (Å²) in [5.74, 6) is 0.654. The van der Waals surface area contributed by atoms with E-state index >= 15 is 0 Å². The lowest BCUT2D eigenvalue weighted by atomic mass is 9.98. The Morgan fingerprint density at radius 1 is 1.17 bits per heavy atom. The highest BCUT2D eigenvalue weighted by Gasteiger charge is 2.12. The van der Waals surface area contributed by atoms with Gasteiger partial charge in [0.15, 0.2) is 5.78 Å². The molecule has 0 N–H and O–H groups in total. The van der Waals surface area contributed by atoms with E-state index < -0.39 is 0 Å². The molecular formula is C16H14O2. The van der Waals surface area contributed by atoms with Crippen molar-refractivity contribution in [3.63, 3.8) is 0 Å². The molecule has 0 aliphatic rings. The van der Waals surface area contributed by atoms with Gasteiger partial charge >= 0.3 is 0 Å². The Kier molecular flexibility index (Phi) is 3.58.